The van der Waals surface area contributed by atoms with Crippen LogP contribution >= 0.6 is 0 Å². The van der Waals surface area contributed by atoms with Gasteiger partial charge in [0.05, 0.1) is 33.5 Å². The number of para-hydroxylation sites is 1. The number of nitrogens with zero attached hydrogens (tertiary/aromatic N) is 2. The number of sulfonamides is 1. The van der Waals surface area contributed by atoms with Crippen LogP contribution in [-0.2, 0) is 27.8 Å². The summed E-state index contributed by atoms with van der Waals surface area (Å²) in [4.78, 5) is 36.1. The van der Waals surface area contributed by atoms with E-state index in [0.717, 1.165) is 11.6 Å². The molecule has 0 atom stereocenters. The number of carboxylic acid groups (broad SMARTS) is 1. The van der Waals surface area contributed by atoms with Gasteiger partial charge in [-0.05, 0) is 53.9 Å². The van der Waals surface area contributed by atoms with Crippen LogP contribution < -0.4 is 14.9 Å². The summed E-state index contributed by atoms with van der Waals surface area (Å²) in [6.45, 7) is 1.47. The number of hydrogen-bond donors (Lipinski definition) is 3. The molecule has 3 aromatic carbocycles. The van der Waals surface area contributed by atoms with Gasteiger partial charge in [0.25, 0.3) is 15.9 Å². The van der Waals surface area contributed by atoms with Gasteiger partial charge in [0.15, 0.2) is 0 Å². The third-order valence-electron chi connectivity index (χ3n) is 5.90. The summed E-state index contributed by atoms with van der Waals surface area (Å²) < 4.78 is 28.8. The lowest BCUT2D eigenvalue weighted by atomic mass is 10.1. The Morgan fingerprint density at radius 2 is 1.84 bits per heavy atom. The fourth-order valence-electron chi connectivity index (χ4n) is 4.07. The Morgan fingerprint density at radius 1 is 1.08 bits per heavy atom. The number of nitriles is 1. The van der Waals surface area contributed by atoms with Crippen molar-refractivity contribution >= 4 is 39.2 Å². The summed E-state index contributed by atoms with van der Waals surface area (Å²) in [5.74, 6) is -2.43. The quantitative estimate of drug-likeness (QED) is 0.434. The molecule has 2 amide bonds. The van der Waals surface area contributed by atoms with E-state index in [9.17, 15) is 27.9 Å². The number of carbonyl (C=O) groups is 3. The number of fused-ring (bicyclic) bond motifs is 1. The molecule has 1 aliphatic rings. The molecule has 0 unspecified atom stereocenters. The lowest BCUT2D eigenvalue weighted by Crippen LogP contribution is -2.31. The SMILES string of the molecule is CC(=O)NCc1ccc(C(=O)Nc2ccc(C#N)cc2C(=O)O)cc1S(=O)(=O)N1CCc2ccccc21. The van der Waals surface area contributed by atoms with Crippen LogP contribution in [0.5, 0.6) is 0 Å². The van der Waals surface area contributed by atoms with Crippen molar-refractivity contribution in [2.75, 3.05) is 16.2 Å². The standard InChI is InChI=1S/C26H22N4O6S/c1-16(31)28-15-20-8-7-19(25(32)29-22-9-6-17(14-27)12-21(22)26(33)34)13-24(20)37(35,36)30-11-10-18-4-2-3-5-23(18)30/h2-9,12-13H,10-11,15H2,1H3,(H,28,31)(H,29,32)(H,33,34). The van der Waals surface area contributed by atoms with Crippen molar-refractivity contribution in [2.45, 2.75) is 24.8 Å². The van der Waals surface area contributed by atoms with E-state index < -0.39 is 21.9 Å². The highest BCUT2D eigenvalue weighted by atomic mass is 32.2. The maximum absolute atomic E-state index is 13.8. The van der Waals surface area contributed by atoms with Gasteiger partial charge in [0.2, 0.25) is 5.91 Å². The first kappa shape index (κ1) is 25.4. The molecule has 0 bridgehead atoms. The van der Waals surface area contributed by atoms with Gasteiger partial charge in [-0.3, -0.25) is 13.9 Å². The topological polar surface area (TPSA) is 157 Å². The first-order valence-electron chi connectivity index (χ1n) is 11.2. The number of nitrogens with one attached hydrogen (secondary N) is 2. The molecule has 0 aromatic heterocycles. The Balaban J connectivity index is 1.74. The average Bonchev–Trinajstić information content (AvgIpc) is 3.32. The molecule has 0 saturated carbocycles. The Hall–Kier alpha value is -4.69. The summed E-state index contributed by atoms with van der Waals surface area (Å²) in [5, 5.41) is 23.6. The largest absolute Gasteiger partial charge is 0.478 e. The van der Waals surface area contributed by atoms with E-state index in [4.69, 9.17) is 5.26 Å². The number of aromatic carboxylic acids is 1. The molecule has 1 heterocycles. The molecule has 4 rings (SSSR count). The molecule has 0 saturated heterocycles. The second-order valence-electron chi connectivity index (χ2n) is 8.32. The number of hydrogen-bond acceptors (Lipinski definition) is 6. The second kappa shape index (κ2) is 10.1. The normalized spacial score (nSPS) is 12.4. The zero-order valence-corrected chi connectivity index (χ0v) is 20.5. The van der Waals surface area contributed by atoms with Gasteiger partial charge in [-0.2, -0.15) is 5.26 Å². The highest BCUT2D eigenvalue weighted by Gasteiger charge is 2.33. The van der Waals surface area contributed by atoms with Gasteiger partial charge >= 0.3 is 5.97 Å². The molecule has 0 radical (unpaired) electrons. The van der Waals surface area contributed by atoms with Gasteiger partial charge < -0.3 is 15.7 Å². The van der Waals surface area contributed by atoms with Gasteiger partial charge in [-0.25, -0.2) is 13.2 Å². The van der Waals surface area contributed by atoms with Crippen LogP contribution in [0.4, 0.5) is 11.4 Å². The van der Waals surface area contributed by atoms with Gasteiger partial charge in [-0.15, -0.1) is 0 Å². The zero-order valence-electron chi connectivity index (χ0n) is 19.7. The summed E-state index contributed by atoms with van der Waals surface area (Å²) >= 11 is 0. The van der Waals surface area contributed by atoms with Crippen molar-refractivity contribution in [2.24, 2.45) is 0 Å². The van der Waals surface area contributed by atoms with Crippen molar-refractivity contribution < 1.29 is 27.9 Å². The monoisotopic (exact) mass is 518 g/mol. The fraction of sp³-hybridized carbons (Fsp3) is 0.154. The number of benzene rings is 3. The van der Waals surface area contributed by atoms with E-state index in [-0.39, 0.29) is 46.3 Å². The summed E-state index contributed by atoms with van der Waals surface area (Å²) in [6, 6.07) is 16.8. The number of carbonyl (C=O) groups excluding carboxylic acids is 2. The van der Waals surface area contributed by atoms with E-state index >= 15 is 0 Å². The zero-order chi connectivity index (χ0) is 26.7. The Bertz CT molecular complexity index is 1580. The molecule has 0 aliphatic carbocycles. The third-order valence-corrected chi connectivity index (χ3v) is 7.79. The summed E-state index contributed by atoms with van der Waals surface area (Å²) in [7, 11) is -4.12. The minimum Gasteiger partial charge on any atom is -0.478 e. The van der Waals surface area contributed by atoms with Crippen LogP contribution in [0.2, 0.25) is 0 Å². The lowest BCUT2D eigenvalue weighted by molar-refractivity contribution is -0.119. The van der Waals surface area contributed by atoms with E-state index in [0.29, 0.717) is 17.7 Å². The van der Waals surface area contributed by atoms with Crippen molar-refractivity contribution in [1.29, 1.82) is 5.26 Å². The molecule has 0 fully saturated rings. The highest BCUT2D eigenvalue weighted by Crippen LogP contribution is 2.34. The number of carboxylic acids is 1. The molecular weight excluding hydrogens is 496 g/mol. The molecular formula is C26H22N4O6S. The number of rotatable bonds is 7. The molecule has 37 heavy (non-hydrogen) atoms. The molecule has 3 aromatic rings. The highest BCUT2D eigenvalue weighted by molar-refractivity contribution is 7.93. The first-order valence-corrected chi connectivity index (χ1v) is 12.6. The smallest absolute Gasteiger partial charge is 0.337 e. The molecule has 188 valence electrons. The van der Waals surface area contributed by atoms with Crippen molar-refractivity contribution in [1.82, 2.24) is 5.32 Å². The summed E-state index contributed by atoms with van der Waals surface area (Å²) in [5.41, 5.74) is 1.47. The number of amides is 2. The van der Waals surface area contributed by atoms with Crippen LogP contribution in [0.1, 0.15) is 44.3 Å². The van der Waals surface area contributed by atoms with E-state index in [1.807, 2.05) is 18.2 Å². The van der Waals surface area contributed by atoms with Crippen molar-refractivity contribution in [3.63, 3.8) is 0 Å². The third kappa shape index (κ3) is 5.14. The van der Waals surface area contributed by atoms with Crippen molar-refractivity contribution in [3.8, 4) is 6.07 Å². The Labute approximate surface area is 213 Å². The van der Waals surface area contributed by atoms with E-state index in [1.54, 1.807) is 12.1 Å². The Kier molecular flexibility index (Phi) is 6.95. The van der Waals surface area contributed by atoms with Crippen LogP contribution in [0.15, 0.2) is 65.6 Å². The first-order chi connectivity index (χ1) is 17.6. The van der Waals surface area contributed by atoms with Crippen LogP contribution in [0.25, 0.3) is 0 Å². The van der Waals surface area contributed by atoms with Crippen LogP contribution in [0, 0.1) is 11.3 Å². The molecule has 10 nitrogen and oxygen atoms in total. The van der Waals surface area contributed by atoms with E-state index in [2.05, 4.69) is 10.6 Å². The lowest BCUT2D eigenvalue weighted by Gasteiger charge is -2.22. The Morgan fingerprint density at radius 3 is 2.54 bits per heavy atom. The number of anilines is 2. The fourth-order valence-corrected chi connectivity index (χ4v) is 5.83. The summed E-state index contributed by atoms with van der Waals surface area (Å²) in [6.07, 6.45) is 0.535. The van der Waals surface area contributed by atoms with Crippen LogP contribution in [0.3, 0.4) is 0 Å². The maximum atomic E-state index is 13.8. The average molecular weight is 519 g/mol. The predicted molar refractivity (Wildman–Crippen MR) is 135 cm³/mol. The predicted octanol–water partition coefficient (Wildman–Crippen LogP) is 2.90. The van der Waals surface area contributed by atoms with E-state index in [1.165, 1.54) is 41.6 Å². The molecule has 0 spiro atoms. The van der Waals surface area contributed by atoms with Gasteiger partial charge in [0.1, 0.15) is 0 Å². The van der Waals surface area contributed by atoms with Gasteiger partial charge in [-0.1, -0.05) is 24.3 Å². The maximum Gasteiger partial charge on any atom is 0.337 e. The van der Waals surface area contributed by atoms with Gasteiger partial charge in [0, 0.05) is 25.6 Å². The molecule has 1 aliphatic heterocycles. The second-order valence-corrected chi connectivity index (χ2v) is 10.2. The minimum atomic E-state index is -4.12. The molecule has 11 heteroatoms. The van der Waals surface area contributed by atoms with Crippen molar-refractivity contribution in [3.05, 3.63) is 88.5 Å². The molecule has 3 N–H and O–H groups in total. The van der Waals surface area contributed by atoms with Crippen LogP contribution in [-0.4, -0.2) is 37.9 Å². The minimum absolute atomic E-state index is 0.0293.